The van der Waals surface area contributed by atoms with Crippen molar-refractivity contribution < 1.29 is 13.2 Å². The molecule has 1 aliphatic carbocycles. The molecule has 0 bridgehead atoms. The Bertz CT molecular complexity index is 967. The number of nitrogens with one attached hydrogen (secondary N) is 1. The Morgan fingerprint density at radius 3 is 2.56 bits per heavy atom. The van der Waals surface area contributed by atoms with Gasteiger partial charge in [0.2, 0.25) is 10.0 Å². The summed E-state index contributed by atoms with van der Waals surface area (Å²) >= 11 is 0. The van der Waals surface area contributed by atoms with Crippen molar-refractivity contribution in [2.75, 3.05) is 22.4 Å². The van der Waals surface area contributed by atoms with Gasteiger partial charge in [-0.2, -0.15) is 0 Å². The van der Waals surface area contributed by atoms with Crippen molar-refractivity contribution in [3.63, 3.8) is 0 Å². The average molecular weight is 356 g/mol. The number of carbonyl (C=O) groups is 1. The lowest BCUT2D eigenvalue weighted by Gasteiger charge is -2.17. The first kappa shape index (κ1) is 16.1. The number of anilines is 2. The van der Waals surface area contributed by atoms with Crippen molar-refractivity contribution in [1.29, 1.82) is 0 Å². The maximum atomic E-state index is 12.6. The Labute approximate surface area is 147 Å². The standard InChI is InChI=1S/C19H20N2O3S/c1-25(23,24)21-10-9-14-5-6-16(12-18(14)21)19(22)20-17-8-7-13-3-2-4-15(13)11-17/h5-8,11-12H,2-4,9-10H2,1H3,(H,20,22). The summed E-state index contributed by atoms with van der Waals surface area (Å²) in [4.78, 5) is 12.6. The average Bonchev–Trinajstić information content (AvgIpc) is 3.19. The molecule has 2 aliphatic rings. The van der Waals surface area contributed by atoms with Gasteiger partial charge in [-0.15, -0.1) is 0 Å². The highest BCUT2D eigenvalue weighted by atomic mass is 32.2. The summed E-state index contributed by atoms with van der Waals surface area (Å²) in [5.74, 6) is -0.221. The fourth-order valence-electron chi connectivity index (χ4n) is 3.69. The molecule has 1 aliphatic heterocycles. The van der Waals surface area contributed by atoms with Crippen LogP contribution in [0.2, 0.25) is 0 Å². The highest BCUT2D eigenvalue weighted by molar-refractivity contribution is 7.92. The van der Waals surface area contributed by atoms with Gasteiger partial charge < -0.3 is 5.32 Å². The van der Waals surface area contributed by atoms with E-state index in [1.54, 1.807) is 12.1 Å². The monoisotopic (exact) mass is 356 g/mol. The SMILES string of the molecule is CS(=O)(=O)N1CCc2ccc(C(=O)Nc3ccc4c(c3)CCC4)cc21. The smallest absolute Gasteiger partial charge is 0.255 e. The zero-order valence-electron chi connectivity index (χ0n) is 14.1. The van der Waals surface area contributed by atoms with E-state index in [4.69, 9.17) is 0 Å². The number of nitrogens with zero attached hydrogens (tertiary/aromatic N) is 1. The van der Waals surface area contributed by atoms with Gasteiger partial charge in [-0.25, -0.2) is 8.42 Å². The van der Waals surface area contributed by atoms with E-state index in [1.807, 2.05) is 18.2 Å². The molecule has 0 unspecified atom stereocenters. The van der Waals surface area contributed by atoms with E-state index in [0.29, 0.717) is 24.2 Å². The molecule has 2 aromatic rings. The first-order valence-electron chi connectivity index (χ1n) is 8.45. The molecule has 1 heterocycles. The van der Waals surface area contributed by atoms with Crippen LogP contribution in [0, 0.1) is 0 Å². The minimum absolute atomic E-state index is 0.221. The van der Waals surface area contributed by atoms with Gasteiger partial charge in [0.25, 0.3) is 5.91 Å². The number of sulfonamides is 1. The number of benzene rings is 2. The predicted molar refractivity (Wildman–Crippen MR) is 98.8 cm³/mol. The van der Waals surface area contributed by atoms with Gasteiger partial charge in [0, 0.05) is 17.8 Å². The first-order chi connectivity index (χ1) is 11.9. The summed E-state index contributed by atoms with van der Waals surface area (Å²) in [5.41, 5.74) is 5.49. The first-order valence-corrected chi connectivity index (χ1v) is 10.3. The largest absolute Gasteiger partial charge is 0.322 e. The van der Waals surface area contributed by atoms with Crippen LogP contribution in [-0.2, 0) is 29.3 Å². The third-order valence-corrected chi connectivity index (χ3v) is 6.14. The van der Waals surface area contributed by atoms with E-state index in [1.165, 1.54) is 28.1 Å². The summed E-state index contributed by atoms with van der Waals surface area (Å²) in [5, 5.41) is 2.93. The summed E-state index contributed by atoms with van der Waals surface area (Å²) in [6, 6.07) is 11.3. The van der Waals surface area contributed by atoms with Crippen molar-refractivity contribution in [2.24, 2.45) is 0 Å². The Hall–Kier alpha value is -2.34. The van der Waals surface area contributed by atoms with Crippen LogP contribution in [0.4, 0.5) is 11.4 Å². The highest BCUT2D eigenvalue weighted by Gasteiger charge is 2.27. The maximum Gasteiger partial charge on any atom is 0.255 e. The molecule has 4 rings (SSSR count). The van der Waals surface area contributed by atoms with E-state index in [-0.39, 0.29) is 5.91 Å². The molecule has 0 spiro atoms. The summed E-state index contributed by atoms with van der Waals surface area (Å²) < 4.78 is 25.2. The van der Waals surface area contributed by atoms with Gasteiger partial charge >= 0.3 is 0 Å². The Morgan fingerprint density at radius 2 is 1.76 bits per heavy atom. The van der Waals surface area contributed by atoms with E-state index < -0.39 is 10.0 Å². The van der Waals surface area contributed by atoms with E-state index >= 15 is 0 Å². The lowest BCUT2D eigenvalue weighted by Crippen LogP contribution is -2.27. The normalized spacial score (nSPS) is 15.8. The third kappa shape index (κ3) is 3.02. The Morgan fingerprint density at radius 1 is 1.00 bits per heavy atom. The summed E-state index contributed by atoms with van der Waals surface area (Å²) in [6.07, 6.45) is 5.20. The number of carbonyl (C=O) groups excluding carboxylic acids is 1. The van der Waals surface area contributed by atoms with Gasteiger partial charge in [-0.3, -0.25) is 9.10 Å². The molecule has 0 aromatic heterocycles. The van der Waals surface area contributed by atoms with E-state index in [0.717, 1.165) is 24.1 Å². The molecule has 25 heavy (non-hydrogen) atoms. The molecule has 0 saturated carbocycles. The van der Waals surface area contributed by atoms with E-state index in [2.05, 4.69) is 11.4 Å². The summed E-state index contributed by atoms with van der Waals surface area (Å²) in [6.45, 7) is 0.435. The van der Waals surface area contributed by atoms with Crippen molar-refractivity contribution >= 4 is 27.3 Å². The molecule has 1 amide bonds. The van der Waals surface area contributed by atoms with Crippen molar-refractivity contribution in [2.45, 2.75) is 25.7 Å². The number of hydrogen-bond donors (Lipinski definition) is 1. The number of fused-ring (bicyclic) bond motifs is 2. The van der Waals surface area contributed by atoms with Crippen LogP contribution in [-0.4, -0.2) is 27.1 Å². The van der Waals surface area contributed by atoms with Gasteiger partial charge in [0.15, 0.2) is 0 Å². The molecule has 2 aromatic carbocycles. The molecule has 0 radical (unpaired) electrons. The second-order valence-corrected chi connectivity index (χ2v) is 8.63. The quantitative estimate of drug-likeness (QED) is 0.920. The van der Waals surface area contributed by atoms with Crippen LogP contribution in [0.5, 0.6) is 0 Å². The van der Waals surface area contributed by atoms with Crippen molar-refractivity contribution in [1.82, 2.24) is 0 Å². The fourth-order valence-corrected chi connectivity index (χ4v) is 4.64. The molecule has 0 saturated heterocycles. The van der Waals surface area contributed by atoms with Crippen LogP contribution in [0.15, 0.2) is 36.4 Å². The minimum Gasteiger partial charge on any atom is -0.322 e. The second kappa shape index (κ2) is 5.88. The Balaban J connectivity index is 1.59. The second-order valence-electron chi connectivity index (χ2n) is 6.72. The summed E-state index contributed by atoms with van der Waals surface area (Å²) in [7, 11) is -3.32. The van der Waals surface area contributed by atoms with Crippen LogP contribution in [0.1, 0.15) is 33.5 Å². The van der Waals surface area contributed by atoms with Gasteiger partial charge in [0.1, 0.15) is 0 Å². The lowest BCUT2D eigenvalue weighted by molar-refractivity contribution is 0.102. The van der Waals surface area contributed by atoms with Crippen LogP contribution >= 0.6 is 0 Å². The van der Waals surface area contributed by atoms with Crippen LogP contribution in [0.3, 0.4) is 0 Å². The Kier molecular flexibility index (Phi) is 3.80. The molecule has 6 heteroatoms. The molecular formula is C19H20N2O3S. The minimum atomic E-state index is -3.32. The van der Waals surface area contributed by atoms with Gasteiger partial charge in [-0.1, -0.05) is 12.1 Å². The van der Waals surface area contributed by atoms with Gasteiger partial charge in [-0.05, 0) is 66.6 Å². The highest BCUT2D eigenvalue weighted by Crippen LogP contribution is 2.31. The fraction of sp³-hybridized carbons (Fsp3) is 0.316. The molecular weight excluding hydrogens is 336 g/mol. The molecule has 0 fully saturated rings. The van der Waals surface area contributed by atoms with Crippen LogP contribution in [0.25, 0.3) is 0 Å². The van der Waals surface area contributed by atoms with E-state index in [9.17, 15) is 13.2 Å². The number of amides is 1. The molecule has 130 valence electrons. The van der Waals surface area contributed by atoms with Crippen molar-refractivity contribution in [3.05, 3.63) is 58.7 Å². The molecule has 0 atom stereocenters. The van der Waals surface area contributed by atoms with Crippen molar-refractivity contribution in [3.8, 4) is 0 Å². The number of rotatable bonds is 3. The zero-order chi connectivity index (χ0) is 17.6. The topological polar surface area (TPSA) is 66.5 Å². The van der Waals surface area contributed by atoms with Crippen LogP contribution < -0.4 is 9.62 Å². The lowest BCUT2D eigenvalue weighted by atomic mass is 10.1. The third-order valence-electron chi connectivity index (χ3n) is 4.96. The maximum absolute atomic E-state index is 12.6. The zero-order valence-corrected chi connectivity index (χ0v) is 14.9. The number of aryl methyl sites for hydroxylation is 2. The predicted octanol–water partition coefficient (Wildman–Crippen LogP) is 2.75. The molecule has 1 N–H and O–H groups in total. The molecule has 5 nitrogen and oxygen atoms in total. The van der Waals surface area contributed by atoms with Gasteiger partial charge in [0.05, 0.1) is 11.9 Å². The number of hydrogen-bond acceptors (Lipinski definition) is 3.